The molecule has 2 heterocycles. The normalized spacial score (nSPS) is 17.3. The Hall–Kier alpha value is -2.95. The number of carbonyl (C=O) groups is 1. The molecule has 2 aromatic carbocycles. The van der Waals surface area contributed by atoms with Crippen molar-refractivity contribution in [3.8, 4) is 11.5 Å². The Morgan fingerprint density at radius 2 is 1.85 bits per heavy atom. The van der Waals surface area contributed by atoms with Crippen LogP contribution in [0, 0.1) is 6.92 Å². The zero-order valence-corrected chi connectivity index (χ0v) is 14.8. The van der Waals surface area contributed by atoms with E-state index in [0.29, 0.717) is 18.3 Å². The summed E-state index contributed by atoms with van der Waals surface area (Å²) in [7, 11) is 0. The van der Waals surface area contributed by atoms with E-state index < -0.39 is 0 Å². The number of nitrogens with zero attached hydrogens (tertiary/aromatic N) is 3. The lowest BCUT2D eigenvalue weighted by Gasteiger charge is -2.31. The molecule has 0 radical (unpaired) electrons. The maximum Gasteiger partial charge on any atom is 0.254 e. The number of likely N-dealkylation sites (tertiary alicyclic amines) is 1. The van der Waals surface area contributed by atoms with Crippen molar-refractivity contribution in [2.24, 2.45) is 0 Å². The topological polar surface area (TPSA) is 59.2 Å². The molecule has 1 aliphatic heterocycles. The molecule has 1 fully saturated rings. The number of carbonyl (C=O) groups excluding carboxylic acids is 1. The number of hydrogen-bond acceptors (Lipinski definition) is 4. The van der Waals surface area contributed by atoms with Crippen LogP contribution in [0.15, 0.2) is 59.0 Å². The van der Waals surface area contributed by atoms with Gasteiger partial charge in [0.25, 0.3) is 5.91 Å². The number of aryl methyl sites for hydroxylation is 1. The fourth-order valence-corrected chi connectivity index (χ4v) is 3.44. The van der Waals surface area contributed by atoms with Gasteiger partial charge < -0.3 is 9.32 Å². The zero-order valence-electron chi connectivity index (χ0n) is 14.8. The Morgan fingerprint density at radius 1 is 1.08 bits per heavy atom. The van der Waals surface area contributed by atoms with Gasteiger partial charge in [-0.25, -0.2) is 0 Å². The lowest BCUT2D eigenvalue weighted by atomic mass is 9.97. The first-order valence-corrected chi connectivity index (χ1v) is 8.96. The molecule has 5 heteroatoms. The summed E-state index contributed by atoms with van der Waals surface area (Å²) < 4.78 is 5.91. The first-order valence-electron chi connectivity index (χ1n) is 8.96. The van der Waals surface area contributed by atoms with Gasteiger partial charge in [-0.2, -0.15) is 0 Å². The third-order valence-corrected chi connectivity index (χ3v) is 4.89. The summed E-state index contributed by atoms with van der Waals surface area (Å²) in [6.07, 6.45) is 1.89. The molecule has 4 rings (SSSR count). The summed E-state index contributed by atoms with van der Waals surface area (Å²) in [6, 6.07) is 17.5. The monoisotopic (exact) mass is 347 g/mol. The molecule has 3 aromatic rings. The summed E-state index contributed by atoms with van der Waals surface area (Å²) in [5.74, 6) is 1.31. The lowest BCUT2D eigenvalue weighted by Crippen LogP contribution is -2.39. The average Bonchev–Trinajstić information content (AvgIpc) is 3.19. The molecule has 1 amide bonds. The Morgan fingerprint density at radius 3 is 2.65 bits per heavy atom. The van der Waals surface area contributed by atoms with E-state index in [2.05, 4.69) is 10.2 Å². The molecule has 1 aliphatic rings. The van der Waals surface area contributed by atoms with Gasteiger partial charge in [0, 0.05) is 24.2 Å². The van der Waals surface area contributed by atoms with E-state index >= 15 is 0 Å². The predicted octanol–water partition coefficient (Wildman–Crippen LogP) is 4.06. The molecular weight excluding hydrogens is 326 g/mol. The zero-order chi connectivity index (χ0) is 17.9. The first-order chi connectivity index (χ1) is 12.7. The van der Waals surface area contributed by atoms with Crippen LogP contribution >= 0.6 is 0 Å². The van der Waals surface area contributed by atoms with Crippen molar-refractivity contribution < 1.29 is 9.21 Å². The minimum atomic E-state index is 0.0793. The summed E-state index contributed by atoms with van der Waals surface area (Å²) >= 11 is 0. The average molecular weight is 347 g/mol. The van der Waals surface area contributed by atoms with Crippen LogP contribution in [0.2, 0.25) is 0 Å². The smallest absolute Gasteiger partial charge is 0.254 e. The molecule has 132 valence electrons. The number of hydrogen-bond donors (Lipinski definition) is 0. The van der Waals surface area contributed by atoms with E-state index in [-0.39, 0.29) is 11.8 Å². The van der Waals surface area contributed by atoms with E-state index in [4.69, 9.17) is 4.42 Å². The largest absolute Gasteiger partial charge is 0.420 e. The molecule has 0 bridgehead atoms. The lowest BCUT2D eigenvalue weighted by molar-refractivity contribution is 0.0697. The van der Waals surface area contributed by atoms with Gasteiger partial charge in [-0.3, -0.25) is 4.79 Å². The van der Waals surface area contributed by atoms with Crippen molar-refractivity contribution in [1.82, 2.24) is 15.1 Å². The van der Waals surface area contributed by atoms with Crippen LogP contribution in [0.1, 0.15) is 40.6 Å². The van der Waals surface area contributed by atoms with E-state index in [1.165, 1.54) is 0 Å². The molecule has 0 aliphatic carbocycles. The van der Waals surface area contributed by atoms with Crippen LogP contribution in [-0.4, -0.2) is 34.1 Å². The maximum atomic E-state index is 12.9. The van der Waals surface area contributed by atoms with Crippen LogP contribution < -0.4 is 0 Å². The number of benzene rings is 2. The molecule has 0 saturated carbocycles. The van der Waals surface area contributed by atoms with Crippen LogP contribution in [0.4, 0.5) is 0 Å². The summed E-state index contributed by atoms with van der Waals surface area (Å²) in [5, 5.41) is 8.43. The van der Waals surface area contributed by atoms with Crippen molar-refractivity contribution in [2.45, 2.75) is 25.7 Å². The standard InChI is InChI=1S/C21H21N3O2/c1-15-8-5-6-12-18(15)21(25)24-13-7-11-17(14-24)20-23-22-19(26-20)16-9-3-2-4-10-16/h2-6,8-10,12,17H,7,11,13-14H2,1H3/t17-/m1/s1. The molecular formula is C21H21N3O2. The molecule has 1 atom stereocenters. The second-order valence-corrected chi connectivity index (χ2v) is 6.72. The Kier molecular flexibility index (Phi) is 4.52. The highest BCUT2D eigenvalue weighted by Crippen LogP contribution is 2.29. The highest BCUT2D eigenvalue weighted by Gasteiger charge is 2.29. The molecule has 26 heavy (non-hydrogen) atoms. The van der Waals surface area contributed by atoms with Crippen molar-refractivity contribution >= 4 is 5.91 Å². The van der Waals surface area contributed by atoms with Gasteiger partial charge in [0.1, 0.15) is 0 Å². The summed E-state index contributed by atoms with van der Waals surface area (Å²) in [4.78, 5) is 14.8. The van der Waals surface area contributed by atoms with Gasteiger partial charge in [-0.15, -0.1) is 10.2 Å². The summed E-state index contributed by atoms with van der Waals surface area (Å²) in [6.45, 7) is 3.35. The van der Waals surface area contributed by atoms with E-state index in [1.54, 1.807) is 0 Å². The quantitative estimate of drug-likeness (QED) is 0.717. The second-order valence-electron chi connectivity index (χ2n) is 6.72. The SMILES string of the molecule is Cc1ccccc1C(=O)N1CCC[C@@H](c2nnc(-c3ccccc3)o2)C1. The number of piperidine rings is 1. The third kappa shape index (κ3) is 3.25. The highest BCUT2D eigenvalue weighted by atomic mass is 16.4. The van der Waals surface area contributed by atoms with Gasteiger partial charge in [0.2, 0.25) is 11.8 Å². The molecule has 1 aromatic heterocycles. The van der Waals surface area contributed by atoms with E-state index in [1.807, 2.05) is 66.4 Å². The number of amides is 1. The first kappa shape index (κ1) is 16.5. The Balaban J connectivity index is 1.52. The maximum absolute atomic E-state index is 12.9. The van der Waals surface area contributed by atoms with Crippen LogP contribution in [-0.2, 0) is 0 Å². The van der Waals surface area contributed by atoms with Crippen LogP contribution in [0.3, 0.4) is 0 Å². The molecule has 0 spiro atoms. The van der Waals surface area contributed by atoms with Gasteiger partial charge in [-0.05, 0) is 43.5 Å². The van der Waals surface area contributed by atoms with Crippen LogP contribution in [0.5, 0.6) is 0 Å². The van der Waals surface area contributed by atoms with Gasteiger partial charge in [0.15, 0.2) is 0 Å². The van der Waals surface area contributed by atoms with E-state index in [9.17, 15) is 4.79 Å². The molecule has 1 saturated heterocycles. The second kappa shape index (κ2) is 7.12. The summed E-state index contributed by atoms with van der Waals surface area (Å²) in [5.41, 5.74) is 2.68. The predicted molar refractivity (Wildman–Crippen MR) is 98.8 cm³/mol. The van der Waals surface area contributed by atoms with Gasteiger partial charge in [-0.1, -0.05) is 36.4 Å². The van der Waals surface area contributed by atoms with Crippen molar-refractivity contribution in [1.29, 1.82) is 0 Å². The van der Waals surface area contributed by atoms with Crippen LogP contribution in [0.25, 0.3) is 11.5 Å². The van der Waals surface area contributed by atoms with E-state index in [0.717, 1.165) is 36.1 Å². The van der Waals surface area contributed by atoms with Gasteiger partial charge >= 0.3 is 0 Å². The van der Waals surface area contributed by atoms with Gasteiger partial charge in [0.05, 0.1) is 5.92 Å². The Bertz CT molecular complexity index is 904. The fourth-order valence-electron chi connectivity index (χ4n) is 3.44. The highest BCUT2D eigenvalue weighted by molar-refractivity contribution is 5.95. The third-order valence-electron chi connectivity index (χ3n) is 4.89. The minimum absolute atomic E-state index is 0.0793. The number of aromatic nitrogens is 2. The Labute approximate surface area is 152 Å². The van der Waals surface area contributed by atoms with Crippen molar-refractivity contribution in [3.05, 3.63) is 71.6 Å². The minimum Gasteiger partial charge on any atom is -0.420 e. The molecule has 5 nitrogen and oxygen atoms in total. The number of rotatable bonds is 3. The molecule has 0 unspecified atom stereocenters. The van der Waals surface area contributed by atoms with Crippen molar-refractivity contribution in [2.75, 3.05) is 13.1 Å². The van der Waals surface area contributed by atoms with Crippen molar-refractivity contribution in [3.63, 3.8) is 0 Å². The molecule has 0 N–H and O–H groups in total. The fraction of sp³-hybridized carbons (Fsp3) is 0.286.